The molecule has 0 saturated heterocycles. The number of carboxylic acids is 1. The molecule has 0 aliphatic rings. The molecule has 17 heavy (non-hydrogen) atoms. The standard InChI is InChI=1S/C12H15BrFNO2/c1-8(15-6-2-3-12(16)17)10-5-4-9(14)7-11(10)13/h4-5,7-8,15H,2-3,6H2,1H3,(H,16,17). The van der Waals surface area contributed by atoms with Gasteiger partial charge in [0.15, 0.2) is 0 Å². The van der Waals surface area contributed by atoms with Gasteiger partial charge in [-0.3, -0.25) is 4.79 Å². The zero-order valence-electron chi connectivity index (χ0n) is 9.54. The Morgan fingerprint density at radius 1 is 1.59 bits per heavy atom. The third-order valence-corrected chi connectivity index (χ3v) is 3.13. The van der Waals surface area contributed by atoms with Crippen LogP contribution in [-0.2, 0) is 4.79 Å². The SMILES string of the molecule is CC(NCCCC(=O)O)c1ccc(F)cc1Br. The predicted molar refractivity (Wildman–Crippen MR) is 67.4 cm³/mol. The van der Waals surface area contributed by atoms with E-state index >= 15 is 0 Å². The maximum atomic E-state index is 12.9. The van der Waals surface area contributed by atoms with Gasteiger partial charge in [-0.1, -0.05) is 22.0 Å². The molecule has 0 radical (unpaired) electrons. The Morgan fingerprint density at radius 2 is 2.29 bits per heavy atom. The lowest BCUT2D eigenvalue weighted by molar-refractivity contribution is -0.137. The second kappa shape index (κ2) is 6.71. The first-order chi connectivity index (χ1) is 8.00. The van der Waals surface area contributed by atoms with E-state index in [9.17, 15) is 9.18 Å². The molecule has 0 aromatic heterocycles. The Morgan fingerprint density at radius 3 is 2.88 bits per heavy atom. The molecule has 0 saturated carbocycles. The second-order valence-corrected chi connectivity index (χ2v) is 4.69. The van der Waals surface area contributed by atoms with E-state index < -0.39 is 5.97 Å². The predicted octanol–water partition coefficient (Wildman–Crippen LogP) is 3.10. The highest BCUT2D eigenvalue weighted by Crippen LogP contribution is 2.24. The smallest absolute Gasteiger partial charge is 0.303 e. The largest absolute Gasteiger partial charge is 0.481 e. The van der Waals surface area contributed by atoms with Crippen molar-refractivity contribution in [3.63, 3.8) is 0 Å². The summed E-state index contributed by atoms with van der Waals surface area (Å²) in [4.78, 5) is 10.3. The summed E-state index contributed by atoms with van der Waals surface area (Å²) in [5.41, 5.74) is 0.960. The zero-order chi connectivity index (χ0) is 12.8. The van der Waals surface area contributed by atoms with E-state index in [1.165, 1.54) is 12.1 Å². The van der Waals surface area contributed by atoms with Crippen LogP contribution in [0.3, 0.4) is 0 Å². The highest BCUT2D eigenvalue weighted by atomic mass is 79.9. The Balaban J connectivity index is 2.46. The molecule has 94 valence electrons. The molecule has 1 unspecified atom stereocenters. The molecule has 1 rings (SSSR count). The molecule has 0 aliphatic heterocycles. The number of rotatable bonds is 6. The molecule has 1 atom stereocenters. The summed E-state index contributed by atoms with van der Waals surface area (Å²) in [7, 11) is 0. The topological polar surface area (TPSA) is 49.3 Å². The number of halogens is 2. The first-order valence-corrected chi connectivity index (χ1v) is 6.20. The van der Waals surface area contributed by atoms with E-state index in [-0.39, 0.29) is 18.3 Å². The maximum absolute atomic E-state index is 12.9. The average molecular weight is 304 g/mol. The third-order valence-electron chi connectivity index (χ3n) is 2.45. The molecule has 2 N–H and O–H groups in total. The minimum absolute atomic E-state index is 0.0544. The van der Waals surface area contributed by atoms with Gasteiger partial charge in [0.1, 0.15) is 5.82 Å². The zero-order valence-corrected chi connectivity index (χ0v) is 11.1. The molecule has 1 aromatic rings. The van der Waals surface area contributed by atoms with E-state index in [0.29, 0.717) is 13.0 Å². The summed E-state index contributed by atoms with van der Waals surface area (Å²) in [6.45, 7) is 2.58. The van der Waals surface area contributed by atoms with Crippen molar-refractivity contribution < 1.29 is 14.3 Å². The normalized spacial score (nSPS) is 12.4. The number of hydrogen-bond donors (Lipinski definition) is 2. The van der Waals surface area contributed by atoms with Crippen molar-refractivity contribution in [3.05, 3.63) is 34.1 Å². The first-order valence-electron chi connectivity index (χ1n) is 5.41. The van der Waals surface area contributed by atoms with Crippen LogP contribution in [0.4, 0.5) is 4.39 Å². The molecule has 5 heteroatoms. The molecular weight excluding hydrogens is 289 g/mol. The second-order valence-electron chi connectivity index (χ2n) is 3.84. The van der Waals surface area contributed by atoms with Crippen LogP contribution in [0.15, 0.2) is 22.7 Å². The highest BCUT2D eigenvalue weighted by molar-refractivity contribution is 9.10. The fraction of sp³-hybridized carbons (Fsp3) is 0.417. The van der Waals surface area contributed by atoms with Gasteiger partial charge in [-0.2, -0.15) is 0 Å². The van der Waals surface area contributed by atoms with Crippen molar-refractivity contribution in [1.82, 2.24) is 5.32 Å². The number of aliphatic carboxylic acids is 1. The van der Waals surface area contributed by atoms with Crippen LogP contribution in [0.2, 0.25) is 0 Å². The summed E-state index contributed by atoms with van der Waals surface area (Å²) < 4.78 is 13.6. The summed E-state index contributed by atoms with van der Waals surface area (Å²) in [6.07, 6.45) is 0.739. The van der Waals surface area contributed by atoms with Crippen LogP contribution in [0.1, 0.15) is 31.4 Å². The summed E-state index contributed by atoms with van der Waals surface area (Å²) in [5.74, 6) is -1.07. The van der Waals surface area contributed by atoms with Gasteiger partial charge in [-0.05, 0) is 37.6 Å². The van der Waals surface area contributed by atoms with Crippen molar-refractivity contribution in [3.8, 4) is 0 Å². The van der Waals surface area contributed by atoms with E-state index in [4.69, 9.17) is 5.11 Å². The molecule has 0 heterocycles. The molecule has 0 aliphatic carbocycles. The van der Waals surface area contributed by atoms with Gasteiger partial charge < -0.3 is 10.4 Å². The van der Waals surface area contributed by atoms with E-state index in [2.05, 4.69) is 21.2 Å². The van der Waals surface area contributed by atoms with Gasteiger partial charge in [0.25, 0.3) is 0 Å². The number of hydrogen-bond acceptors (Lipinski definition) is 2. The van der Waals surface area contributed by atoms with Gasteiger partial charge in [-0.15, -0.1) is 0 Å². The number of carbonyl (C=O) groups is 1. The lowest BCUT2D eigenvalue weighted by atomic mass is 10.1. The third kappa shape index (κ3) is 4.83. The van der Waals surface area contributed by atoms with Gasteiger partial charge in [0.2, 0.25) is 0 Å². The van der Waals surface area contributed by atoms with Gasteiger partial charge in [0.05, 0.1) is 0 Å². The molecule has 1 aromatic carbocycles. The van der Waals surface area contributed by atoms with Crippen LogP contribution in [0, 0.1) is 5.82 Å². The van der Waals surface area contributed by atoms with E-state index in [1.54, 1.807) is 6.07 Å². The van der Waals surface area contributed by atoms with Crippen molar-refractivity contribution in [2.24, 2.45) is 0 Å². The maximum Gasteiger partial charge on any atom is 0.303 e. The Kier molecular flexibility index (Phi) is 5.58. The number of carboxylic acid groups (broad SMARTS) is 1. The number of nitrogens with one attached hydrogen (secondary N) is 1. The van der Waals surface area contributed by atoms with Crippen molar-refractivity contribution in [2.45, 2.75) is 25.8 Å². The minimum atomic E-state index is -0.789. The fourth-order valence-corrected chi connectivity index (χ4v) is 2.22. The van der Waals surface area contributed by atoms with E-state index in [0.717, 1.165) is 10.0 Å². The molecule has 0 spiro atoms. The van der Waals surface area contributed by atoms with Crippen molar-refractivity contribution in [1.29, 1.82) is 0 Å². The Bertz CT molecular complexity index is 398. The molecular formula is C12H15BrFNO2. The van der Waals surface area contributed by atoms with Gasteiger partial charge >= 0.3 is 5.97 Å². The quantitative estimate of drug-likeness (QED) is 0.794. The van der Waals surface area contributed by atoms with Crippen molar-refractivity contribution >= 4 is 21.9 Å². The van der Waals surface area contributed by atoms with Crippen LogP contribution in [0.25, 0.3) is 0 Å². The average Bonchev–Trinajstić information content (AvgIpc) is 2.23. The van der Waals surface area contributed by atoms with Crippen LogP contribution >= 0.6 is 15.9 Å². The minimum Gasteiger partial charge on any atom is -0.481 e. The summed E-state index contributed by atoms with van der Waals surface area (Å²) >= 11 is 3.31. The van der Waals surface area contributed by atoms with Crippen LogP contribution in [0.5, 0.6) is 0 Å². The van der Waals surface area contributed by atoms with Gasteiger partial charge in [0, 0.05) is 16.9 Å². The summed E-state index contributed by atoms with van der Waals surface area (Å²) in [6, 6.07) is 4.60. The lowest BCUT2D eigenvalue weighted by Crippen LogP contribution is -2.20. The fourth-order valence-electron chi connectivity index (χ4n) is 1.52. The lowest BCUT2D eigenvalue weighted by Gasteiger charge is -2.15. The monoisotopic (exact) mass is 303 g/mol. The van der Waals surface area contributed by atoms with E-state index in [1.807, 2.05) is 6.92 Å². The van der Waals surface area contributed by atoms with Crippen LogP contribution in [-0.4, -0.2) is 17.6 Å². The van der Waals surface area contributed by atoms with Gasteiger partial charge in [-0.25, -0.2) is 4.39 Å². The highest BCUT2D eigenvalue weighted by Gasteiger charge is 2.09. The Labute approximate surface area is 108 Å². The Hall–Kier alpha value is -0.940. The van der Waals surface area contributed by atoms with Crippen LogP contribution < -0.4 is 5.32 Å². The molecule has 3 nitrogen and oxygen atoms in total. The number of benzene rings is 1. The summed E-state index contributed by atoms with van der Waals surface area (Å²) in [5, 5.41) is 11.7. The molecule has 0 bridgehead atoms. The molecule has 0 fully saturated rings. The first kappa shape index (κ1) is 14.1. The molecule has 0 amide bonds. The van der Waals surface area contributed by atoms with Crippen molar-refractivity contribution in [2.75, 3.05) is 6.54 Å².